The number of rotatable bonds is 4. The third-order valence-electron chi connectivity index (χ3n) is 5.30. The summed E-state index contributed by atoms with van der Waals surface area (Å²) in [6.07, 6.45) is 9.03. The van der Waals surface area contributed by atoms with Crippen molar-refractivity contribution in [3.63, 3.8) is 0 Å². The summed E-state index contributed by atoms with van der Waals surface area (Å²) in [6.45, 7) is 6.51. The summed E-state index contributed by atoms with van der Waals surface area (Å²) in [5.41, 5.74) is 1.31. The summed E-state index contributed by atoms with van der Waals surface area (Å²) in [5.74, 6) is 0.483. The highest BCUT2D eigenvalue weighted by molar-refractivity contribution is 5.03. The number of aliphatic hydroxyl groups is 1. The second-order valence-corrected chi connectivity index (χ2v) is 7.06. The van der Waals surface area contributed by atoms with Gasteiger partial charge in [0.15, 0.2) is 0 Å². The molecule has 0 amide bonds. The van der Waals surface area contributed by atoms with Crippen molar-refractivity contribution >= 4 is 0 Å². The van der Waals surface area contributed by atoms with Gasteiger partial charge in [-0.15, -0.1) is 0 Å². The van der Waals surface area contributed by atoms with E-state index in [9.17, 15) is 5.11 Å². The van der Waals surface area contributed by atoms with Gasteiger partial charge in [0.1, 0.15) is 0 Å². The molecule has 2 heterocycles. The minimum absolute atomic E-state index is 0.0839. The van der Waals surface area contributed by atoms with E-state index in [1.165, 1.54) is 37.8 Å². The Morgan fingerprint density at radius 2 is 2.05 bits per heavy atom. The quantitative estimate of drug-likeness (QED) is 0.927. The van der Waals surface area contributed by atoms with Crippen molar-refractivity contribution in [1.29, 1.82) is 0 Å². The van der Waals surface area contributed by atoms with Crippen molar-refractivity contribution in [2.75, 3.05) is 6.54 Å². The molecule has 0 aromatic carbocycles. The Kier molecular flexibility index (Phi) is 4.65. The van der Waals surface area contributed by atoms with Crippen LogP contribution in [0.4, 0.5) is 0 Å². The maximum absolute atomic E-state index is 10.4. The van der Waals surface area contributed by atoms with Crippen LogP contribution in [0, 0.1) is 5.92 Å². The van der Waals surface area contributed by atoms with Crippen LogP contribution in [-0.2, 0) is 6.54 Å². The minimum Gasteiger partial charge on any atom is -0.393 e. The van der Waals surface area contributed by atoms with Crippen molar-refractivity contribution in [2.45, 2.75) is 77.1 Å². The maximum Gasteiger partial charge on any atom is 0.0583 e. The van der Waals surface area contributed by atoms with Crippen LogP contribution in [0.3, 0.4) is 0 Å². The van der Waals surface area contributed by atoms with Crippen LogP contribution >= 0.6 is 0 Å². The number of aliphatic hydroxyl groups excluding tert-OH is 1. The first-order valence-corrected chi connectivity index (χ1v) is 8.61. The normalized spacial score (nSPS) is 31.1. The average Bonchev–Trinajstić information content (AvgIpc) is 3.09. The van der Waals surface area contributed by atoms with E-state index in [1.807, 2.05) is 6.20 Å². The molecule has 2 fully saturated rings. The minimum atomic E-state index is -0.0839. The van der Waals surface area contributed by atoms with Gasteiger partial charge in [0, 0.05) is 30.7 Å². The molecule has 1 aromatic heterocycles. The van der Waals surface area contributed by atoms with Gasteiger partial charge in [0.05, 0.1) is 11.8 Å². The van der Waals surface area contributed by atoms with E-state index >= 15 is 0 Å². The number of nitrogens with zero attached hydrogens (tertiary/aromatic N) is 3. The highest BCUT2D eigenvalue weighted by atomic mass is 16.3. The predicted molar refractivity (Wildman–Crippen MR) is 84.0 cm³/mol. The Hall–Kier alpha value is -0.870. The highest BCUT2D eigenvalue weighted by Crippen LogP contribution is 2.35. The lowest BCUT2D eigenvalue weighted by Crippen LogP contribution is -2.42. The molecule has 4 nitrogen and oxygen atoms in total. The van der Waals surface area contributed by atoms with E-state index in [1.54, 1.807) is 0 Å². The van der Waals surface area contributed by atoms with Gasteiger partial charge in [-0.1, -0.05) is 12.8 Å². The van der Waals surface area contributed by atoms with E-state index < -0.39 is 0 Å². The third kappa shape index (κ3) is 3.16. The van der Waals surface area contributed by atoms with E-state index in [-0.39, 0.29) is 6.10 Å². The third-order valence-corrected chi connectivity index (χ3v) is 5.30. The number of aromatic nitrogens is 2. The fourth-order valence-corrected chi connectivity index (χ4v) is 4.26. The lowest BCUT2D eigenvalue weighted by molar-refractivity contribution is 0.0195. The second kappa shape index (κ2) is 6.49. The summed E-state index contributed by atoms with van der Waals surface area (Å²) < 4.78 is 2.13. The molecule has 3 rings (SSSR count). The molecule has 0 radical (unpaired) electrons. The molecule has 3 atom stereocenters. The van der Waals surface area contributed by atoms with Gasteiger partial charge in [0.2, 0.25) is 0 Å². The smallest absolute Gasteiger partial charge is 0.0583 e. The van der Waals surface area contributed by atoms with Crippen LogP contribution in [0.15, 0.2) is 12.3 Å². The first-order chi connectivity index (χ1) is 10.2. The SMILES string of the molecule is CC(C)n1nccc1CN1CCC[C@@H]1[C@H]1CCCC[C@H]1O. The molecule has 4 heteroatoms. The van der Waals surface area contributed by atoms with Crippen molar-refractivity contribution in [1.82, 2.24) is 14.7 Å². The molecule has 1 aliphatic carbocycles. The summed E-state index contributed by atoms with van der Waals surface area (Å²) in [6, 6.07) is 3.12. The van der Waals surface area contributed by atoms with E-state index in [0.29, 0.717) is 18.0 Å². The van der Waals surface area contributed by atoms with Gasteiger partial charge in [-0.3, -0.25) is 9.58 Å². The summed E-state index contributed by atoms with van der Waals surface area (Å²) >= 11 is 0. The summed E-state index contributed by atoms with van der Waals surface area (Å²) in [7, 11) is 0. The number of hydrogen-bond acceptors (Lipinski definition) is 3. The van der Waals surface area contributed by atoms with Gasteiger partial charge in [-0.2, -0.15) is 5.10 Å². The second-order valence-electron chi connectivity index (χ2n) is 7.06. The van der Waals surface area contributed by atoms with Gasteiger partial charge in [-0.05, 0) is 52.1 Å². The molecule has 1 aromatic rings. The Morgan fingerprint density at radius 3 is 2.81 bits per heavy atom. The first-order valence-electron chi connectivity index (χ1n) is 8.61. The fourth-order valence-electron chi connectivity index (χ4n) is 4.26. The van der Waals surface area contributed by atoms with Crippen LogP contribution in [0.2, 0.25) is 0 Å². The number of hydrogen-bond donors (Lipinski definition) is 1. The first kappa shape index (κ1) is 15.0. The van der Waals surface area contributed by atoms with Crippen LogP contribution < -0.4 is 0 Å². The lowest BCUT2D eigenvalue weighted by atomic mass is 9.80. The zero-order chi connectivity index (χ0) is 14.8. The maximum atomic E-state index is 10.4. The highest BCUT2D eigenvalue weighted by Gasteiger charge is 2.37. The molecule has 0 spiro atoms. The van der Waals surface area contributed by atoms with Gasteiger partial charge < -0.3 is 5.11 Å². The van der Waals surface area contributed by atoms with E-state index in [2.05, 4.69) is 34.6 Å². The largest absolute Gasteiger partial charge is 0.393 e. The Balaban J connectivity index is 1.70. The van der Waals surface area contributed by atoms with Crippen molar-refractivity contribution in [2.24, 2.45) is 5.92 Å². The van der Waals surface area contributed by atoms with Gasteiger partial charge in [0.25, 0.3) is 0 Å². The van der Waals surface area contributed by atoms with Crippen LogP contribution in [-0.4, -0.2) is 38.5 Å². The lowest BCUT2D eigenvalue weighted by Gasteiger charge is -2.37. The summed E-state index contributed by atoms with van der Waals surface area (Å²) in [5, 5.41) is 14.8. The predicted octanol–water partition coefficient (Wildman–Crippen LogP) is 2.98. The van der Waals surface area contributed by atoms with Gasteiger partial charge >= 0.3 is 0 Å². The molecule has 1 aliphatic heterocycles. The molecular weight excluding hydrogens is 262 g/mol. The molecule has 21 heavy (non-hydrogen) atoms. The van der Waals surface area contributed by atoms with E-state index in [4.69, 9.17) is 0 Å². The topological polar surface area (TPSA) is 41.3 Å². The van der Waals surface area contributed by atoms with Crippen LogP contribution in [0.25, 0.3) is 0 Å². The summed E-state index contributed by atoms with van der Waals surface area (Å²) in [4.78, 5) is 2.59. The van der Waals surface area contributed by atoms with Crippen LogP contribution in [0.1, 0.15) is 64.1 Å². The Bertz CT molecular complexity index is 457. The molecular formula is C17H29N3O. The zero-order valence-corrected chi connectivity index (χ0v) is 13.4. The molecule has 1 saturated carbocycles. The Labute approximate surface area is 128 Å². The number of likely N-dealkylation sites (tertiary alicyclic amines) is 1. The molecule has 118 valence electrons. The zero-order valence-electron chi connectivity index (χ0n) is 13.4. The van der Waals surface area contributed by atoms with Gasteiger partial charge in [-0.25, -0.2) is 0 Å². The monoisotopic (exact) mass is 291 g/mol. The molecule has 0 unspecified atom stereocenters. The Morgan fingerprint density at radius 1 is 1.24 bits per heavy atom. The fraction of sp³-hybridized carbons (Fsp3) is 0.824. The van der Waals surface area contributed by atoms with Crippen molar-refractivity contribution in [3.05, 3.63) is 18.0 Å². The van der Waals surface area contributed by atoms with Crippen molar-refractivity contribution < 1.29 is 5.11 Å². The molecule has 0 bridgehead atoms. The van der Waals surface area contributed by atoms with E-state index in [0.717, 1.165) is 19.5 Å². The molecule has 1 N–H and O–H groups in total. The van der Waals surface area contributed by atoms with Crippen LogP contribution in [0.5, 0.6) is 0 Å². The standard InChI is InChI=1S/C17H29N3O/c1-13(2)20-14(9-10-18-20)12-19-11-5-7-16(19)15-6-3-4-8-17(15)21/h9-10,13,15-17,21H,3-8,11-12H2,1-2H3/t15-,16-,17-/m1/s1. The average molecular weight is 291 g/mol. The van der Waals surface area contributed by atoms with Crippen molar-refractivity contribution in [3.8, 4) is 0 Å². The molecule has 2 aliphatic rings. The molecule has 1 saturated heterocycles.